The fourth-order valence-electron chi connectivity index (χ4n) is 1.76. The maximum atomic E-state index is 10.6. The molecule has 1 atom stereocenters. The molecule has 0 spiro atoms. The SMILES string of the molecule is O=C(O)c1cnc(CC2CCCCO2)[nH]1. The molecule has 0 aromatic carbocycles. The Morgan fingerprint density at radius 3 is 3.13 bits per heavy atom. The molecule has 5 nitrogen and oxygen atoms in total. The van der Waals surface area contributed by atoms with Gasteiger partial charge in [0, 0.05) is 13.0 Å². The number of rotatable bonds is 3. The van der Waals surface area contributed by atoms with Crippen LogP contribution in [0, 0.1) is 0 Å². The van der Waals surface area contributed by atoms with Gasteiger partial charge < -0.3 is 14.8 Å². The number of imidazole rings is 1. The highest BCUT2D eigenvalue weighted by Gasteiger charge is 2.16. The van der Waals surface area contributed by atoms with Crippen LogP contribution < -0.4 is 0 Å². The van der Waals surface area contributed by atoms with Crippen LogP contribution in [0.15, 0.2) is 6.20 Å². The van der Waals surface area contributed by atoms with Crippen LogP contribution in [-0.4, -0.2) is 33.8 Å². The molecule has 15 heavy (non-hydrogen) atoms. The zero-order valence-electron chi connectivity index (χ0n) is 8.40. The van der Waals surface area contributed by atoms with E-state index in [4.69, 9.17) is 9.84 Å². The Hall–Kier alpha value is -1.36. The van der Waals surface area contributed by atoms with E-state index in [2.05, 4.69) is 9.97 Å². The van der Waals surface area contributed by atoms with E-state index >= 15 is 0 Å². The summed E-state index contributed by atoms with van der Waals surface area (Å²) in [5, 5.41) is 8.70. The van der Waals surface area contributed by atoms with Gasteiger partial charge in [0.15, 0.2) is 0 Å². The second-order valence-corrected chi connectivity index (χ2v) is 3.74. The lowest BCUT2D eigenvalue weighted by molar-refractivity contribution is 0.0157. The highest BCUT2D eigenvalue weighted by Crippen LogP contribution is 2.15. The molecular formula is C10H14N2O3. The van der Waals surface area contributed by atoms with Crippen LogP contribution in [0.2, 0.25) is 0 Å². The third-order valence-corrected chi connectivity index (χ3v) is 2.55. The van der Waals surface area contributed by atoms with Crippen LogP contribution in [0.5, 0.6) is 0 Å². The highest BCUT2D eigenvalue weighted by molar-refractivity contribution is 5.84. The van der Waals surface area contributed by atoms with Gasteiger partial charge in [0.2, 0.25) is 0 Å². The predicted molar refractivity (Wildman–Crippen MR) is 52.8 cm³/mol. The molecule has 1 aromatic rings. The Kier molecular flexibility index (Phi) is 3.01. The monoisotopic (exact) mass is 210 g/mol. The maximum absolute atomic E-state index is 10.6. The van der Waals surface area contributed by atoms with Crippen molar-refractivity contribution in [2.45, 2.75) is 31.8 Å². The van der Waals surface area contributed by atoms with Crippen molar-refractivity contribution in [2.75, 3.05) is 6.61 Å². The smallest absolute Gasteiger partial charge is 0.353 e. The number of hydrogen-bond donors (Lipinski definition) is 2. The van der Waals surface area contributed by atoms with E-state index in [0.29, 0.717) is 12.2 Å². The Morgan fingerprint density at radius 2 is 2.53 bits per heavy atom. The minimum absolute atomic E-state index is 0.140. The first-order valence-corrected chi connectivity index (χ1v) is 5.14. The summed E-state index contributed by atoms with van der Waals surface area (Å²) in [6, 6.07) is 0. The van der Waals surface area contributed by atoms with Crippen LogP contribution >= 0.6 is 0 Å². The van der Waals surface area contributed by atoms with Crippen LogP contribution in [-0.2, 0) is 11.2 Å². The molecule has 0 radical (unpaired) electrons. The molecule has 2 heterocycles. The van der Waals surface area contributed by atoms with Crippen molar-refractivity contribution in [1.29, 1.82) is 0 Å². The Bertz CT molecular complexity index is 342. The minimum atomic E-state index is -0.974. The molecule has 2 N–H and O–H groups in total. The number of H-pyrrole nitrogens is 1. The van der Waals surface area contributed by atoms with Gasteiger partial charge >= 0.3 is 5.97 Å². The van der Waals surface area contributed by atoms with Crippen molar-refractivity contribution in [3.63, 3.8) is 0 Å². The van der Waals surface area contributed by atoms with Gasteiger partial charge in [-0.25, -0.2) is 9.78 Å². The Morgan fingerprint density at radius 1 is 1.67 bits per heavy atom. The van der Waals surface area contributed by atoms with Crippen LogP contribution in [0.1, 0.15) is 35.6 Å². The fourth-order valence-corrected chi connectivity index (χ4v) is 1.76. The molecule has 0 aliphatic carbocycles. The largest absolute Gasteiger partial charge is 0.477 e. The van der Waals surface area contributed by atoms with E-state index in [1.165, 1.54) is 12.6 Å². The molecule has 1 aliphatic rings. The predicted octanol–water partition coefficient (Wildman–Crippen LogP) is 1.22. The molecule has 1 fully saturated rings. The number of hydrogen-bond acceptors (Lipinski definition) is 3. The van der Waals surface area contributed by atoms with Gasteiger partial charge in [0.25, 0.3) is 0 Å². The average Bonchev–Trinajstić information content (AvgIpc) is 2.68. The molecule has 1 unspecified atom stereocenters. The second kappa shape index (κ2) is 4.44. The summed E-state index contributed by atoms with van der Waals surface area (Å²) >= 11 is 0. The molecule has 5 heteroatoms. The lowest BCUT2D eigenvalue weighted by Crippen LogP contribution is -2.21. The van der Waals surface area contributed by atoms with E-state index in [0.717, 1.165) is 19.4 Å². The molecule has 1 saturated heterocycles. The van der Waals surface area contributed by atoms with Crippen molar-refractivity contribution in [3.05, 3.63) is 17.7 Å². The average molecular weight is 210 g/mol. The van der Waals surface area contributed by atoms with Gasteiger partial charge in [0.05, 0.1) is 12.3 Å². The zero-order valence-corrected chi connectivity index (χ0v) is 8.40. The van der Waals surface area contributed by atoms with E-state index in [9.17, 15) is 4.79 Å². The van der Waals surface area contributed by atoms with Gasteiger partial charge in [-0.2, -0.15) is 0 Å². The standard InChI is InChI=1S/C10H14N2O3/c13-10(14)8-6-11-9(12-8)5-7-3-1-2-4-15-7/h6-7H,1-5H2,(H,11,12)(H,13,14). The van der Waals surface area contributed by atoms with Gasteiger partial charge in [-0.05, 0) is 19.3 Å². The molecule has 1 aliphatic heterocycles. The number of aromatic nitrogens is 2. The zero-order chi connectivity index (χ0) is 10.7. The minimum Gasteiger partial charge on any atom is -0.477 e. The summed E-state index contributed by atoms with van der Waals surface area (Å²) < 4.78 is 5.54. The van der Waals surface area contributed by atoms with Crippen molar-refractivity contribution in [3.8, 4) is 0 Å². The summed E-state index contributed by atoms with van der Waals surface area (Å²) in [6.45, 7) is 0.803. The number of carboxylic acids is 1. The van der Waals surface area contributed by atoms with Crippen LogP contribution in [0.25, 0.3) is 0 Å². The molecule has 2 rings (SSSR count). The third-order valence-electron chi connectivity index (χ3n) is 2.55. The number of nitrogens with one attached hydrogen (secondary N) is 1. The van der Waals surface area contributed by atoms with Crippen molar-refractivity contribution >= 4 is 5.97 Å². The number of nitrogens with zero attached hydrogens (tertiary/aromatic N) is 1. The Labute approximate surface area is 87.5 Å². The lowest BCUT2D eigenvalue weighted by Gasteiger charge is -2.21. The van der Waals surface area contributed by atoms with E-state index in [-0.39, 0.29) is 11.8 Å². The number of aromatic amines is 1. The highest BCUT2D eigenvalue weighted by atomic mass is 16.5. The van der Waals surface area contributed by atoms with Gasteiger partial charge in [-0.15, -0.1) is 0 Å². The first kappa shape index (κ1) is 10.2. The Balaban J connectivity index is 1.94. The summed E-state index contributed by atoms with van der Waals surface area (Å²) in [4.78, 5) is 17.4. The maximum Gasteiger partial charge on any atom is 0.353 e. The molecule has 0 amide bonds. The summed E-state index contributed by atoms with van der Waals surface area (Å²) in [7, 11) is 0. The van der Waals surface area contributed by atoms with E-state index in [1.807, 2.05) is 0 Å². The number of carbonyl (C=O) groups is 1. The molecular weight excluding hydrogens is 196 g/mol. The van der Waals surface area contributed by atoms with Crippen LogP contribution in [0.3, 0.4) is 0 Å². The third kappa shape index (κ3) is 2.56. The van der Waals surface area contributed by atoms with Crippen molar-refractivity contribution in [1.82, 2.24) is 9.97 Å². The van der Waals surface area contributed by atoms with Crippen LogP contribution in [0.4, 0.5) is 0 Å². The summed E-state index contributed by atoms with van der Waals surface area (Å²) in [5.74, 6) is -0.280. The lowest BCUT2D eigenvalue weighted by atomic mass is 10.1. The topological polar surface area (TPSA) is 75.2 Å². The normalized spacial score (nSPS) is 21.5. The van der Waals surface area contributed by atoms with Crippen molar-refractivity contribution < 1.29 is 14.6 Å². The fraction of sp³-hybridized carbons (Fsp3) is 0.600. The quantitative estimate of drug-likeness (QED) is 0.786. The van der Waals surface area contributed by atoms with Crippen molar-refractivity contribution in [2.24, 2.45) is 0 Å². The summed E-state index contributed by atoms with van der Waals surface area (Å²) in [6.07, 6.45) is 5.54. The first-order valence-electron chi connectivity index (χ1n) is 5.14. The van der Waals surface area contributed by atoms with Gasteiger partial charge in [0.1, 0.15) is 11.5 Å². The number of ether oxygens (including phenoxy) is 1. The summed E-state index contributed by atoms with van der Waals surface area (Å²) in [5.41, 5.74) is 0.140. The second-order valence-electron chi connectivity index (χ2n) is 3.74. The van der Waals surface area contributed by atoms with E-state index < -0.39 is 5.97 Å². The molecule has 82 valence electrons. The molecule has 1 aromatic heterocycles. The number of aromatic carboxylic acids is 1. The molecule has 0 saturated carbocycles. The molecule has 0 bridgehead atoms. The van der Waals surface area contributed by atoms with Gasteiger partial charge in [-0.3, -0.25) is 0 Å². The first-order chi connectivity index (χ1) is 7.25. The van der Waals surface area contributed by atoms with Gasteiger partial charge in [-0.1, -0.05) is 0 Å². The van der Waals surface area contributed by atoms with E-state index in [1.54, 1.807) is 0 Å². The number of carboxylic acid groups (broad SMARTS) is 1.